The maximum atomic E-state index is 13.9. The van der Waals surface area contributed by atoms with Gasteiger partial charge < -0.3 is 25.3 Å². The molecule has 0 aliphatic carbocycles. The first kappa shape index (κ1) is 23.8. The minimum absolute atomic E-state index is 0.0373. The zero-order chi connectivity index (χ0) is 24.8. The molecule has 2 saturated heterocycles. The summed E-state index contributed by atoms with van der Waals surface area (Å²) >= 11 is 0. The Bertz CT molecular complexity index is 1200. The topological polar surface area (TPSA) is 91.0 Å². The van der Waals surface area contributed by atoms with Gasteiger partial charge in [0.1, 0.15) is 17.0 Å². The largest absolute Gasteiger partial charge is 0.419 e. The Labute approximate surface area is 201 Å². The van der Waals surface area contributed by atoms with Gasteiger partial charge in [-0.3, -0.25) is 0 Å². The van der Waals surface area contributed by atoms with Crippen molar-refractivity contribution in [1.29, 1.82) is 0 Å². The molecule has 0 amide bonds. The second-order valence-corrected chi connectivity index (χ2v) is 9.98. The van der Waals surface area contributed by atoms with E-state index in [1.54, 1.807) is 6.07 Å². The first-order chi connectivity index (χ1) is 16.6. The van der Waals surface area contributed by atoms with Crippen LogP contribution in [0, 0.1) is 0 Å². The van der Waals surface area contributed by atoms with Crippen LogP contribution >= 0.6 is 0 Å². The van der Waals surface area contributed by atoms with E-state index in [9.17, 15) is 13.2 Å². The normalized spacial score (nSPS) is 23.0. The summed E-state index contributed by atoms with van der Waals surface area (Å²) in [5.41, 5.74) is -0.150. The van der Waals surface area contributed by atoms with Crippen molar-refractivity contribution in [2.45, 2.75) is 57.4 Å². The van der Waals surface area contributed by atoms with Crippen molar-refractivity contribution >= 4 is 22.8 Å². The zero-order valence-corrected chi connectivity index (χ0v) is 20.0. The van der Waals surface area contributed by atoms with Crippen molar-refractivity contribution in [2.75, 3.05) is 36.5 Å². The smallest absolute Gasteiger partial charge is 0.377 e. The zero-order valence-electron chi connectivity index (χ0n) is 20.0. The molecule has 0 bridgehead atoms. The number of pyridine rings is 1. The summed E-state index contributed by atoms with van der Waals surface area (Å²) in [7, 11) is 0. The third kappa shape index (κ3) is 4.92. The lowest BCUT2D eigenvalue weighted by Crippen LogP contribution is -2.50. The fraction of sp³-hybridized carbons (Fsp3) is 0.542. The number of halogens is 3. The third-order valence-electron chi connectivity index (χ3n) is 6.81. The number of morpholine rings is 1. The van der Waals surface area contributed by atoms with Crippen LogP contribution in [0.25, 0.3) is 22.3 Å². The van der Waals surface area contributed by atoms with Gasteiger partial charge in [0, 0.05) is 48.0 Å². The molecule has 2 aliphatic heterocycles. The van der Waals surface area contributed by atoms with Gasteiger partial charge in [-0.05, 0) is 45.7 Å². The minimum Gasteiger partial charge on any atom is -0.377 e. The number of rotatable bonds is 4. The first-order valence-electron chi connectivity index (χ1n) is 11.9. The Morgan fingerprint density at radius 3 is 2.77 bits per heavy atom. The maximum absolute atomic E-state index is 13.9. The average molecular weight is 490 g/mol. The van der Waals surface area contributed by atoms with Crippen LogP contribution in [-0.4, -0.2) is 63.9 Å². The van der Waals surface area contributed by atoms with Crippen molar-refractivity contribution in [3.63, 3.8) is 0 Å². The van der Waals surface area contributed by atoms with Crippen molar-refractivity contribution in [3.05, 3.63) is 30.1 Å². The predicted octanol–water partition coefficient (Wildman–Crippen LogP) is 4.21. The molecular weight excluding hydrogens is 459 g/mol. The van der Waals surface area contributed by atoms with Gasteiger partial charge in [0.05, 0.1) is 24.9 Å². The molecule has 0 saturated carbocycles. The molecular formula is C24H30F3N7O. The fourth-order valence-electron chi connectivity index (χ4n) is 4.71. The van der Waals surface area contributed by atoms with Crippen molar-refractivity contribution < 1.29 is 17.9 Å². The van der Waals surface area contributed by atoms with Gasteiger partial charge in [0.25, 0.3) is 0 Å². The van der Waals surface area contributed by atoms with E-state index >= 15 is 0 Å². The SMILES string of the molecule is C[C@H]1COCCN1c1ccc2c(-c3nc(N[C@H]4CCC(C)(C)NC4)ncc3C(F)(F)F)c[nH]c2n1. The molecule has 5 rings (SSSR count). The lowest BCUT2D eigenvalue weighted by atomic mass is 9.91. The lowest BCUT2D eigenvalue weighted by Gasteiger charge is -2.36. The summed E-state index contributed by atoms with van der Waals surface area (Å²) in [6.07, 6.45) is -0.378. The Hall–Kier alpha value is -2.92. The number of fused-ring (bicyclic) bond motifs is 1. The fourth-order valence-corrected chi connectivity index (χ4v) is 4.71. The highest BCUT2D eigenvalue weighted by molar-refractivity contribution is 5.94. The quantitative estimate of drug-likeness (QED) is 0.506. The molecule has 188 valence electrons. The molecule has 3 N–H and O–H groups in total. The monoisotopic (exact) mass is 489 g/mol. The number of aromatic amines is 1. The third-order valence-corrected chi connectivity index (χ3v) is 6.81. The van der Waals surface area contributed by atoms with Crippen molar-refractivity contribution in [2.24, 2.45) is 0 Å². The van der Waals surface area contributed by atoms with Crippen LogP contribution in [0.4, 0.5) is 24.9 Å². The Morgan fingerprint density at radius 1 is 1.23 bits per heavy atom. The van der Waals surface area contributed by atoms with Gasteiger partial charge in [0.2, 0.25) is 5.95 Å². The minimum atomic E-state index is -4.59. The number of aromatic nitrogens is 4. The molecule has 2 fully saturated rings. The maximum Gasteiger partial charge on any atom is 0.419 e. The van der Waals surface area contributed by atoms with Crippen LogP contribution < -0.4 is 15.5 Å². The molecule has 35 heavy (non-hydrogen) atoms. The Kier molecular flexibility index (Phi) is 6.08. The summed E-state index contributed by atoms with van der Waals surface area (Å²) in [6, 6.07) is 3.84. The molecule has 11 heteroatoms. The van der Waals surface area contributed by atoms with E-state index in [-0.39, 0.29) is 29.3 Å². The van der Waals surface area contributed by atoms with Crippen LogP contribution in [-0.2, 0) is 10.9 Å². The number of H-pyrrole nitrogens is 1. The predicted molar refractivity (Wildman–Crippen MR) is 128 cm³/mol. The van der Waals surface area contributed by atoms with Crippen LogP contribution in [0.1, 0.15) is 39.2 Å². The van der Waals surface area contributed by atoms with E-state index in [1.807, 2.05) is 6.07 Å². The summed E-state index contributed by atoms with van der Waals surface area (Å²) in [5.74, 6) is 0.941. The van der Waals surface area contributed by atoms with Crippen LogP contribution in [0.15, 0.2) is 24.5 Å². The number of piperidine rings is 1. The van der Waals surface area contributed by atoms with Crippen molar-refractivity contribution in [3.8, 4) is 11.3 Å². The lowest BCUT2D eigenvalue weighted by molar-refractivity contribution is -0.137. The molecule has 0 aromatic carbocycles. The van der Waals surface area contributed by atoms with E-state index in [0.717, 1.165) is 24.9 Å². The average Bonchev–Trinajstić information content (AvgIpc) is 3.23. The van der Waals surface area contributed by atoms with E-state index in [0.29, 0.717) is 42.9 Å². The Balaban J connectivity index is 1.48. The highest BCUT2D eigenvalue weighted by Gasteiger charge is 2.36. The standard InChI is InChI=1S/C24H30F3N7O/c1-14-13-35-9-8-34(14)19-5-4-16-17(11-28-21(16)32-19)20-18(24(25,26)27)12-29-22(33-20)31-15-6-7-23(2,3)30-10-15/h4-5,11-12,14-15,30H,6-10,13H2,1-3H3,(H,28,32)(H,29,31,33)/t14-,15-/m0/s1. The van der Waals surface area contributed by atoms with E-state index in [1.165, 1.54) is 6.20 Å². The second-order valence-electron chi connectivity index (χ2n) is 9.98. The van der Waals surface area contributed by atoms with Crippen LogP contribution in [0.2, 0.25) is 0 Å². The van der Waals surface area contributed by atoms with Gasteiger partial charge in [-0.25, -0.2) is 15.0 Å². The Morgan fingerprint density at radius 2 is 2.06 bits per heavy atom. The molecule has 2 aliphatic rings. The van der Waals surface area contributed by atoms with Gasteiger partial charge in [0.15, 0.2) is 0 Å². The van der Waals surface area contributed by atoms with Crippen LogP contribution in [0.3, 0.4) is 0 Å². The van der Waals surface area contributed by atoms with Gasteiger partial charge >= 0.3 is 6.18 Å². The summed E-state index contributed by atoms with van der Waals surface area (Å²) in [5, 5.41) is 7.23. The molecule has 0 unspecified atom stereocenters. The molecule has 8 nitrogen and oxygen atoms in total. The highest BCUT2D eigenvalue weighted by atomic mass is 19.4. The molecule has 0 radical (unpaired) electrons. The highest BCUT2D eigenvalue weighted by Crippen LogP contribution is 2.39. The number of nitrogens with one attached hydrogen (secondary N) is 3. The second kappa shape index (κ2) is 8.94. The number of nitrogens with zero attached hydrogens (tertiary/aromatic N) is 4. The number of alkyl halides is 3. The number of anilines is 2. The summed E-state index contributed by atoms with van der Waals surface area (Å²) in [4.78, 5) is 18.2. The number of ether oxygens (including phenoxy) is 1. The van der Waals surface area contributed by atoms with Crippen LogP contribution in [0.5, 0.6) is 0 Å². The van der Waals surface area contributed by atoms with E-state index in [2.05, 4.69) is 56.2 Å². The molecule has 3 aromatic heterocycles. The van der Waals surface area contributed by atoms with Crippen molar-refractivity contribution in [1.82, 2.24) is 25.3 Å². The van der Waals surface area contributed by atoms with E-state index < -0.39 is 11.7 Å². The van der Waals surface area contributed by atoms with Gasteiger partial charge in [-0.1, -0.05) is 0 Å². The molecule has 0 spiro atoms. The molecule has 3 aromatic rings. The summed E-state index contributed by atoms with van der Waals surface area (Å²) in [6.45, 7) is 8.93. The molecule has 2 atom stereocenters. The van der Waals surface area contributed by atoms with Gasteiger partial charge in [-0.2, -0.15) is 13.2 Å². The van der Waals surface area contributed by atoms with E-state index in [4.69, 9.17) is 4.74 Å². The first-order valence-corrected chi connectivity index (χ1v) is 11.9. The molecule has 5 heterocycles. The van der Waals surface area contributed by atoms with Gasteiger partial charge in [-0.15, -0.1) is 0 Å². The summed E-state index contributed by atoms with van der Waals surface area (Å²) < 4.78 is 47.2. The number of hydrogen-bond donors (Lipinski definition) is 3. The number of hydrogen-bond acceptors (Lipinski definition) is 7.